The van der Waals surface area contributed by atoms with Crippen molar-refractivity contribution in [3.8, 4) is 0 Å². The number of hydrogen-bond donors (Lipinski definition) is 1. The molecule has 1 aromatic heterocycles. The number of aromatic nitrogens is 2. The summed E-state index contributed by atoms with van der Waals surface area (Å²) in [7, 11) is 0. The second-order valence-corrected chi connectivity index (χ2v) is 6.62. The molecule has 1 aliphatic heterocycles. The number of aryl methyl sites for hydroxylation is 1. The molecular weight excluding hydrogens is 334 g/mol. The second-order valence-electron chi connectivity index (χ2n) is 6.62. The average molecular weight is 357 g/mol. The highest BCUT2D eigenvalue weighted by atomic mass is 16.4. The molecule has 1 saturated heterocycles. The Kier molecular flexibility index (Phi) is 5.35. The number of benzene rings is 1. The molecule has 0 aliphatic carbocycles. The van der Waals surface area contributed by atoms with Gasteiger partial charge in [0.2, 0.25) is 0 Å². The molecule has 0 spiro atoms. The first-order valence-corrected chi connectivity index (χ1v) is 9.08. The number of amides is 1. The summed E-state index contributed by atoms with van der Waals surface area (Å²) in [6, 6.07) is 6.05. The monoisotopic (exact) mass is 357 g/mol. The van der Waals surface area contributed by atoms with Gasteiger partial charge in [0, 0.05) is 18.5 Å². The number of aliphatic carboxylic acids is 1. The zero-order valence-electron chi connectivity index (χ0n) is 14.9. The van der Waals surface area contributed by atoms with Crippen LogP contribution in [0.1, 0.15) is 49.5 Å². The van der Waals surface area contributed by atoms with Crippen LogP contribution in [0.5, 0.6) is 0 Å². The van der Waals surface area contributed by atoms with Crippen molar-refractivity contribution in [1.29, 1.82) is 0 Å². The van der Waals surface area contributed by atoms with Crippen LogP contribution in [-0.2, 0) is 11.3 Å². The molecule has 0 bridgehead atoms. The van der Waals surface area contributed by atoms with Crippen molar-refractivity contribution in [2.45, 2.75) is 51.6 Å². The van der Waals surface area contributed by atoms with E-state index in [4.69, 9.17) is 0 Å². The Bertz CT molecular complexity index is 890. The van der Waals surface area contributed by atoms with Crippen molar-refractivity contribution in [2.24, 2.45) is 0 Å². The van der Waals surface area contributed by atoms with Crippen LogP contribution in [-0.4, -0.2) is 44.3 Å². The Morgan fingerprint density at radius 1 is 1.23 bits per heavy atom. The van der Waals surface area contributed by atoms with Crippen LogP contribution in [0.3, 0.4) is 0 Å². The molecule has 1 aliphatic rings. The molecule has 2 heterocycles. The number of carboxylic acid groups (broad SMARTS) is 1. The molecule has 1 fully saturated rings. The summed E-state index contributed by atoms with van der Waals surface area (Å²) in [5.41, 5.74) is -0.0608. The minimum Gasteiger partial charge on any atom is -0.480 e. The summed E-state index contributed by atoms with van der Waals surface area (Å²) in [6.45, 7) is 2.91. The van der Waals surface area contributed by atoms with Crippen molar-refractivity contribution in [1.82, 2.24) is 14.7 Å². The van der Waals surface area contributed by atoms with Gasteiger partial charge in [-0.1, -0.05) is 38.0 Å². The Hall–Kier alpha value is -2.70. The van der Waals surface area contributed by atoms with Crippen LogP contribution in [0.25, 0.3) is 10.8 Å². The van der Waals surface area contributed by atoms with Crippen molar-refractivity contribution in [3.05, 3.63) is 40.3 Å². The van der Waals surface area contributed by atoms with Gasteiger partial charge in [-0.3, -0.25) is 9.59 Å². The molecule has 1 aromatic carbocycles. The molecule has 1 N–H and O–H groups in total. The normalized spacial score (nSPS) is 17.0. The number of carbonyl (C=O) groups is 2. The standard InChI is InChI=1S/C19H23N3O4/c1-2-3-6-12-22-17(23)14-9-5-4-8-13(14)16(20-22)18(24)21-11-7-10-15(21)19(25)26/h4-5,8-9,15H,2-3,6-7,10-12H2,1H3,(H,25,26). The number of nitrogens with zero attached hydrogens (tertiary/aromatic N) is 3. The van der Waals surface area contributed by atoms with Gasteiger partial charge in [0.1, 0.15) is 6.04 Å². The maximum Gasteiger partial charge on any atom is 0.326 e. The summed E-state index contributed by atoms with van der Waals surface area (Å²) < 4.78 is 1.34. The molecule has 3 rings (SSSR count). The van der Waals surface area contributed by atoms with E-state index in [2.05, 4.69) is 12.0 Å². The molecule has 7 nitrogen and oxygen atoms in total. The number of hydrogen-bond acceptors (Lipinski definition) is 4. The van der Waals surface area contributed by atoms with Crippen molar-refractivity contribution in [3.63, 3.8) is 0 Å². The van der Waals surface area contributed by atoms with Crippen LogP contribution in [0.2, 0.25) is 0 Å². The third kappa shape index (κ3) is 3.34. The van der Waals surface area contributed by atoms with E-state index in [1.807, 2.05) is 0 Å². The molecule has 0 saturated carbocycles. The van der Waals surface area contributed by atoms with E-state index in [0.717, 1.165) is 19.3 Å². The van der Waals surface area contributed by atoms with E-state index >= 15 is 0 Å². The zero-order valence-corrected chi connectivity index (χ0v) is 14.9. The fraction of sp³-hybridized carbons (Fsp3) is 0.474. The van der Waals surface area contributed by atoms with Crippen molar-refractivity contribution in [2.75, 3.05) is 6.54 Å². The van der Waals surface area contributed by atoms with Crippen molar-refractivity contribution < 1.29 is 14.7 Å². The number of likely N-dealkylation sites (tertiary alicyclic amines) is 1. The topological polar surface area (TPSA) is 92.5 Å². The molecule has 1 atom stereocenters. The second kappa shape index (κ2) is 7.68. The van der Waals surface area contributed by atoms with Crippen LogP contribution in [0, 0.1) is 0 Å². The number of carbonyl (C=O) groups excluding carboxylic acids is 1. The summed E-state index contributed by atoms with van der Waals surface area (Å²) in [6.07, 6.45) is 3.88. The van der Waals surface area contributed by atoms with E-state index < -0.39 is 17.9 Å². The molecule has 7 heteroatoms. The van der Waals surface area contributed by atoms with Crippen molar-refractivity contribution >= 4 is 22.6 Å². The highest BCUT2D eigenvalue weighted by Gasteiger charge is 2.36. The maximum atomic E-state index is 13.1. The van der Waals surface area contributed by atoms with Gasteiger partial charge >= 0.3 is 5.97 Å². The smallest absolute Gasteiger partial charge is 0.326 e. The van der Waals surface area contributed by atoms with E-state index in [1.165, 1.54) is 9.58 Å². The SMILES string of the molecule is CCCCCn1nc(C(=O)N2CCCC2C(=O)O)c2ccccc2c1=O. The van der Waals surface area contributed by atoms with E-state index in [9.17, 15) is 19.5 Å². The number of fused-ring (bicyclic) bond motifs is 1. The van der Waals surface area contributed by atoms with Gasteiger partial charge in [0.15, 0.2) is 5.69 Å². The van der Waals surface area contributed by atoms with Gasteiger partial charge < -0.3 is 10.0 Å². The quantitative estimate of drug-likeness (QED) is 0.801. The first-order valence-electron chi connectivity index (χ1n) is 9.08. The molecule has 0 radical (unpaired) electrons. The van der Waals surface area contributed by atoms with E-state index in [-0.39, 0.29) is 11.3 Å². The minimum absolute atomic E-state index is 0.157. The van der Waals surface area contributed by atoms with Gasteiger partial charge in [-0.2, -0.15) is 5.10 Å². The molecule has 138 valence electrons. The lowest BCUT2D eigenvalue weighted by atomic mass is 10.1. The highest BCUT2D eigenvalue weighted by Crippen LogP contribution is 2.22. The fourth-order valence-corrected chi connectivity index (χ4v) is 3.46. The first-order chi connectivity index (χ1) is 12.5. The Morgan fingerprint density at radius 3 is 2.65 bits per heavy atom. The summed E-state index contributed by atoms with van der Waals surface area (Å²) in [4.78, 5) is 38.5. The van der Waals surface area contributed by atoms with Crippen LogP contribution >= 0.6 is 0 Å². The Morgan fingerprint density at radius 2 is 1.96 bits per heavy atom. The van der Waals surface area contributed by atoms with E-state index in [1.54, 1.807) is 24.3 Å². The highest BCUT2D eigenvalue weighted by molar-refractivity contribution is 6.05. The predicted molar refractivity (Wildman–Crippen MR) is 97.2 cm³/mol. The number of unbranched alkanes of at least 4 members (excludes halogenated alkanes) is 2. The minimum atomic E-state index is -1.00. The maximum absolute atomic E-state index is 13.1. The average Bonchev–Trinajstić information content (AvgIpc) is 3.13. The Labute approximate surface area is 151 Å². The van der Waals surface area contributed by atoms with Crippen LogP contribution in [0.15, 0.2) is 29.1 Å². The molecule has 1 amide bonds. The van der Waals surface area contributed by atoms with E-state index in [0.29, 0.717) is 36.7 Å². The largest absolute Gasteiger partial charge is 0.480 e. The lowest BCUT2D eigenvalue weighted by molar-refractivity contribution is -0.141. The first kappa shape index (κ1) is 18.1. The number of rotatable bonds is 6. The van der Waals surface area contributed by atoms with Gasteiger partial charge in [0.05, 0.1) is 5.39 Å². The predicted octanol–water partition coefficient (Wildman–Crippen LogP) is 2.28. The Balaban J connectivity index is 2.06. The molecule has 1 unspecified atom stereocenters. The van der Waals surface area contributed by atoms with Gasteiger partial charge in [0.25, 0.3) is 11.5 Å². The lowest BCUT2D eigenvalue weighted by Crippen LogP contribution is -2.41. The summed E-state index contributed by atoms with van der Waals surface area (Å²) in [5.74, 6) is -1.42. The van der Waals surface area contributed by atoms with Crippen LogP contribution < -0.4 is 5.56 Å². The summed E-state index contributed by atoms with van der Waals surface area (Å²) >= 11 is 0. The van der Waals surface area contributed by atoms with Gasteiger partial charge in [-0.15, -0.1) is 0 Å². The summed E-state index contributed by atoms with van der Waals surface area (Å²) in [5, 5.41) is 14.6. The molecule has 2 aromatic rings. The molecule has 26 heavy (non-hydrogen) atoms. The third-order valence-electron chi connectivity index (χ3n) is 4.84. The van der Waals surface area contributed by atoms with Gasteiger partial charge in [-0.25, -0.2) is 9.48 Å². The molecular formula is C19H23N3O4. The lowest BCUT2D eigenvalue weighted by Gasteiger charge is -2.22. The van der Waals surface area contributed by atoms with Crippen LogP contribution in [0.4, 0.5) is 0 Å². The fourth-order valence-electron chi connectivity index (χ4n) is 3.46. The van der Waals surface area contributed by atoms with Gasteiger partial charge in [-0.05, 0) is 25.3 Å². The third-order valence-corrected chi connectivity index (χ3v) is 4.84. The zero-order chi connectivity index (χ0) is 18.7. The number of carboxylic acids is 1.